The van der Waals surface area contributed by atoms with Crippen molar-refractivity contribution in [3.63, 3.8) is 0 Å². The van der Waals surface area contributed by atoms with E-state index in [4.69, 9.17) is 4.74 Å². The molecule has 1 aromatic carbocycles. The smallest absolute Gasteiger partial charge is 0.263 e. The zero-order valence-corrected chi connectivity index (χ0v) is 11.2. The second-order valence-corrected chi connectivity index (χ2v) is 4.46. The first kappa shape index (κ1) is 12.6. The zero-order valence-electron chi connectivity index (χ0n) is 9.61. The Labute approximate surface area is 112 Å². The fourth-order valence-corrected chi connectivity index (χ4v) is 1.51. The third-order valence-electron chi connectivity index (χ3n) is 2.16. The number of hydrogen-bond acceptors (Lipinski definition) is 4. The molecule has 0 aliphatic heterocycles. The number of hydrogen-bond donors (Lipinski definition) is 2. The summed E-state index contributed by atoms with van der Waals surface area (Å²) in [7, 11) is 0. The van der Waals surface area contributed by atoms with Crippen LogP contribution in [-0.4, -0.2) is 27.9 Å². The average molecular weight is 311 g/mol. The fraction of sp³-hybridized carbons (Fsp3) is 0.182. The molecular formula is C11H11BrN4O2. The second-order valence-electron chi connectivity index (χ2n) is 3.55. The van der Waals surface area contributed by atoms with Gasteiger partial charge < -0.3 is 10.1 Å². The lowest BCUT2D eigenvalue weighted by Crippen LogP contribution is -2.20. The number of rotatable bonds is 4. The lowest BCUT2D eigenvalue weighted by atomic mass is 10.3. The predicted octanol–water partition coefficient (Wildman–Crippen LogP) is 1.89. The summed E-state index contributed by atoms with van der Waals surface area (Å²) in [6, 6.07) is 7.24. The molecular weight excluding hydrogens is 300 g/mol. The highest BCUT2D eigenvalue weighted by Gasteiger charge is 2.08. The highest BCUT2D eigenvalue weighted by Crippen LogP contribution is 2.16. The lowest BCUT2D eigenvalue weighted by Gasteiger charge is -2.06. The number of aromatic nitrogens is 3. The topological polar surface area (TPSA) is 79.9 Å². The summed E-state index contributed by atoms with van der Waals surface area (Å²) in [5, 5.41) is 12.6. The monoisotopic (exact) mass is 310 g/mol. The molecule has 0 atom stereocenters. The van der Waals surface area contributed by atoms with Crippen molar-refractivity contribution >= 4 is 27.7 Å². The molecule has 2 aromatic rings. The first-order valence-electron chi connectivity index (χ1n) is 5.21. The Kier molecular flexibility index (Phi) is 3.93. The minimum Gasteiger partial charge on any atom is -0.484 e. The molecule has 2 N–H and O–H groups in total. The third-order valence-corrected chi connectivity index (χ3v) is 2.69. The Morgan fingerprint density at radius 1 is 1.39 bits per heavy atom. The molecule has 1 heterocycles. The van der Waals surface area contributed by atoms with E-state index in [1.54, 1.807) is 19.1 Å². The zero-order chi connectivity index (χ0) is 13.0. The summed E-state index contributed by atoms with van der Waals surface area (Å²) < 4.78 is 6.28. The van der Waals surface area contributed by atoms with E-state index < -0.39 is 0 Å². The van der Waals surface area contributed by atoms with Crippen LogP contribution in [0.3, 0.4) is 0 Å². The van der Waals surface area contributed by atoms with Gasteiger partial charge in [-0.3, -0.25) is 4.79 Å². The molecule has 0 aliphatic rings. The van der Waals surface area contributed by atoms with Crippen LogP contribution in [0.5, 0.6) is 5.75 Å². The van der Waals surface area contributed by atoms with E-state index in [1.807, 2.05) is 12.1 Å². The first-order valence-corrected chi connectivity index (χ1v) is 6.00. The molecule has 0 fully saturated rings. The van der Waals surface area contributed by atoms with Gasteiger partial charge in [0.2, 0.25) is 0 Å². The number of aromatic amines is 1. The maximum Gasteiger partial charge on any atom is 0.263 e. The Morgan fingerprint density at radius 2 is 2.11 bits per heavy atom. The highest BCUT2D eigenvalue weighted by molar-refractivity contribution is 9.10. The van der Waals surface area contributed by atoms with E-state index >= 15 is 0 Å². The van der Waals surface area contributed by atoms with Crippen LogP contribution in [0.15, 0.2) is 28.7 Å². The number of nitrogens with one attached hydrogen (secondary N) is 2. The summed E-state index contributed by atoms with van der Waals surface area (Å²) in [5.41, 5.74) is 0.631. The maximum absolute atomic E-state index is 11.6. The van der Waals surface area contributed by atoms with E-state index in [-0.39, 0.29) is 12.5 Å². The number of H-pyrrole nitrogens is 1. The standard InChI is InChI=1S/C11H11BrN4O2/c1-7-11(15-16-14-7)13-10(17)6-18-9-4-2-8(12)3-5-9/h2-5H,6H2,1H3,(H2,13,14,15,16,17). The Hall–Kier alpha value is -1.89. The van der Waals surface area contributed by atoms with Gasteiger partial charge in [-0.25, -0.2) is 0 Å². The molecule has 18 heavy (non-hydrogen) atoms. The lowest BCUT2D eigenvalue weighted by molar-refractivity contribution is -0.118. The van der Waals surface area contributed by atoms with E-state index in [2.05, 4.69) is 36.7 Å². The SMILES string of the molecule is Cc1n[nH]nc1NC(=O)COc1ccc(Br)cc1. The van der Waals surface area contributed by atoms with Gasteiger partial charge >= 0.3 is 0 Å². The van der Waals surface area contributed by atoms with Crippen molar-refractivity contribution in [1.29, 1.82) is 0 Å². The molecule has 1 amide bonds. The van der Waals surface area contributed by atoms with Crippen LogP contribution >= 0.6 is 15.9 Å². The molecule has 0 saturated carbocycles. The van der Waals surface area contributed by atoms with Gasteiger partial charge in [-0.2, -0.15) is 10.3 Å². The van der Waals surface area contributed by atoms with Gasteiger partial charge in [0.15, 0.2) is 12.4 Å². The van der Waals surface area contributed by atoms with Gasteiger partial charge in [-0.1, -0.05) is 15.9 Å². The number of anilines is 1. The summed E-state index contributed by atoms with van der Waals surface area (Å²) >= 11 is 3.32. The maximum atomic E-state index is 11.6. The molecule has 1 aromatic heterocycles. The minimum atomic E-state index is -0.282. The largest absolute Gasteiger partial charge is 0.484 e. The summed E-state index contributed by atoms with van der Waals surface area (Å²) in [6.45, 7) is 1.67. The number of nitrogens with zero attached hydrogens (tertiary/aromatic N) is 2. The second kappa shape index (κ2) is 5.63. The van der Waals surface area contributed by atoms with Crippen LogP contribution in [0.25, 0.3) is 0 Å². The van der Waals surface area contributed by atoms with Gasteiger partial charge in [-0.05, 0) is 31.2 Å². The number of ether oxygens (including phenoxy) is 1. The summed E-state index contributed by atoms with van der Waals surface area (Å²) in [5.74, 6) is 0.763. The van der Waals surface area contributed by atoms with E-state index in [9.17, 15) is 4.79 Å². The van der Waals surface area contributed by atoms with Gasteiger partial charge in [0.1, 0.15) is 11.4 Å². The highest BCUT2D eigenvalue weighted by atomic mass is 79.9. The molecule has 7 heteroatoms. The number of benzene rings is 1. The van der Waals surface area contributed by atoms with Crippen molar-refractivity contribution in [3.8, 4) is 5.75 Å². The van der Waals surface area contributed by atoms with Crippen LogP contribution in [0.1, 0.15) is 5.69 Å². The molecule has 0 aliphatic carbocycles. The van der Waals surface area contributed by atoms with Crippen molar-refractivity contribution < 1.29 is 9.53 Å². The van der Waals surface area contributed by atoms with Crippen molar-refractivity contribution in [2.45, 2.75) is 6.92 Å². The van der Waals surface area contributed by atoms with Gasteiger partial charge in [0.05, 0.1) is 0 Å². The van der Waals surface area contributed by atoms with Gasteiger partial charge in [-0.15, -0.1) is 5.10 Å². The van der Waals surface area contributed by atoms with E-state index in [1.165, 1.54) is 0 Å². The third kappa shape index (κ3) is 3.30. The van der Waals surface area contributed by atoms with Gasteiger partial charge in [0.25, 0.3) is 5.91 Å². The normalized spacial score (nSPS) is 10.1. The molecule has 2 rings (SSSR count). The Bertz CT molecular complexity index is 538. The minimum absolute atomic E-state index is 0.0755. The van der Waals surface area contributed by atoms with Crippen LogP contribution in [0.4, 0.5) is 5.82 Å². The number of amides is 1. The van der Waals surface area contributed by atoms with Crippen LogP contribution in [0.2, 0.25) is 0 Å². The molecule has 0 bridgehead atoms. The molecule has 0 spiro atoms. The first-order chi connectivity index (χ1) is 8.65. The molecule has 6 nitrogen and oxygen atoms in total. The van der Waals surface area contributed by atoms with E-state index in [0.717, 1.165) is 4.47 Å². The van der Waals surface area contributed by atoms with Crippen molar-refractivity contribution in [2.75, 3.05) is 11.9 Å². The van der Waals surface area contributed by atoms with Crippen molar-refractivity contribution in [2.24, 2.45) is 0 Å². The Balaban J connectivity index is 1.85. The quantitative estimate of drug-likeness (QED) is 0.903. The summed E-state index contributed by atoms with van der Waals surface area (Å²) in [6.07, 6.45) is 0. The molecule has 0 saturated heterocycles. The summed E-state index contributed by atoms with van der Waals surface area (Å²) in [4.78, 5) is 11.6. The van der Waals surface area contributed by atoms with Gasteiger partial charge in [0, 0.05) is 4.47 Å². The van der Waals surface area contributed by atoms with Crippen LogP contribution in [-0.2, 0) is 4.79 Å². The molecule has 0 radical (unpaired) electrons. The fourth-order valence-electron chi connectivity index (χ4n) is 1.25. The number of halogens is 1. The Morgan fingerprint density at radius 3 is 2.72 bits per heavy atom. The number of carbonyl (C=O) groups is 1. The van der Waals surface area contributed by atoms with Crippen molar-refractivity contribution in [3.05, 3.63) is 34.4 Å². The number of carbonyl (C=O) groups excluding carboxylic acids is 1. The average Bonchev–Trinajstić information content (AvgIpc) is 2.74. The van der Waals surface area contributed by atoms with Crippen molar-refractivity contribution in [1.82, 2.24) is 15.4 Å². The van der Waals surface area contributed by atoms with Crippen LogP contribution in [0, 0.1) is 6.92 Å². The molecule has 94 valence electrons. The molecule has 0 unspecified atom stereocenters. The van der Waals surface area contributed by atoms with E-state index in [0.29, 0.717) is 17.3 Å². The predicted molar refractivity (Wildman–Crippen MR) is 69.4 cm³/mol. The van der Waals surface area contributed by atoms with Crippen LogP contribution < -0.4 is 10.1 Å². The number of aryl methyl sites for hydroxylation is 1.